The van der Waals surface area contributed by atoms with Gasteiger partial charge in [0.2, 0.25) is 0 Å². The van der Waals surface area contributed by atoms with Crippen LogP contribution in [0.4, 0.5) is 5.82 Å². The monoisotopic (exact) mass is 368 g/mol. The molecule has 2 aliphatic rings. The number of hydrogen-bond donors (Lipinski definition) is 0. The summed E-state index contributed by atoms with van der Waals surface area (Å²) in [4.78, 5) is 12.0. The van der Waals surface area contributed by atoms with Crippen LogP contribution in [0.5, 0.6) is 0 Å². The molecule has 1 aliphatic heterocycles. The first-order valence-electron chi connectivity index (χ1n) is 9.56. The van der Waals surface area contributed by atoms with Crippen LogP contribution in [-0.2, 0) is 16.0 Å². The molecule has 0 aromatic carbocycles. The minimum atomic E-state index is 0.541. The zero-order valence-corrected chi connectivity index (χ0v) is 15.5. The third-order valence-electron chi connectivity index (χ3n) is 5.26. The van der Waals surface area contributed by atoms with Gasteiger partial charge in [-0.1, -0.05) is 0 Å². The Labute approximate surface area is 157 Å². The van der Waals surface area contributed by atoms with Crippen molar-refractivity contribution in [3.63, 3.8) is 0 Å². The third-order valence-corrected chi connectivity index (χ3v) is 5.26. The lowest BCUT2D eigenvalue weighted by atomic mass is 10.1. The average Bonchev–Trinajstić information content (AvgIpc) is 3.33. The molecule has 1 aliphatic carbocycles. The standard InChI is InChI=1S/C19H24N6O2/c1-26-9-8-24-13-15(12-21-24)17-16(14-2-3-14)22-19-18(20-4-5-25(17)19)23-6-10-27-11-7-23/h4-5,12-14H,2-3,6-11H2,1H3. The van der Waals surface area contributed by atoms with E-state index in [1.807, 2.05) is 23.3 Å². The quantitative estimate of drug-likeness (QED) is 0.662. The van der Waals surface area contributed by atoms with E-state index < -0.39 is 0 Å². The van der Waals surface area contributed by atoms with Gasteiger partial charge in [0.25, 0.3) is 0 Å². The molecule has 2 fully saturated rings. The summed E-state index contributed by atoms with van der Waals surface area (Å²) in [6.07, 6.45) is 10.3. The molecule has 4 heterocycles. The molecular formula is C19H24N6O2. The Morgan fingerprint density at radius 2 is 2.11 bits per heavy atom. The summed E-state index contributed by atoms with van der Waals surface area (Å²) in [7, 11) is 1.71. The van der Waals surface area contributed by atoms with E-state index in [0.717, 1.165) is 55.6 Å². The van der Waals surface area contributed by atoms with Crippen LogP contribution >= 0.6 is 0 Å². The Morgan fingerprint density at radius 1 is 1.26 bits per heavy atom. The number of morpholine rings is 1. The molecule has 8 nitrogen and oxygen atoms in total. The predicted molar refractivity (Wildman–Crippen MR) is 101 cm³/mol. The number of rotatable bonds is 6. The average molecular weight is 368 g/mol. The Hall–Kier alpha value is -2.45. The molecule has 0 unspecified atom stereocenters. The van der Waals surface area contributed by atoms with Gasteiger partial charge in [0.1, 0.15) is 0 Å². The van der Waals surface area contributed by atoms with Crippen molar-refractivity contribution >= 4 is 11.5 Å². The molecule has 5 rings (SSSR count). The van der Waals surface area contributed by atoms with Crippen LogP contribution in [-0.4, -0.2) is 64.2 Å². The molecule has 0 N–H and O–H groups in total. The summed E-state index contributed by atoms with van der Waals surface area (Å²) in [5, 5.41) is 4.50. The summed E-state index contributed by atoms with van der Waals surface area (Å²) in [6, 6.07) is 0. The number of hydrogen-bond acceptors (Lipinski definition) is 6. The van der Waals surface area contributed by atoms with Gasteiger partial charge in [-0.15, -0.1) is 0 Å². The van der Waals surface area contributed by atoms with E-state index in [1.165, 1.54) is 18.5 Å². The highest BCUT2D eigenvalue weighted by Crippen LogP contribution is 2.44. The maximum atomic E-state index is 5.50. The van der Waals surface area contributed by atoms with Crippen molar-refractivity contribution in [1.29, 1.82) is 0 Å². The zero-order valence-electron chi connectivity index (χ0n) is 15.5. The molecule has 0 spiro atoms. The van der Waals surface area contributed by atoms with E-state index >= 15 is 0 Å². The molecule has 142 valence electrons. The molecule has 8 heteroatoms. The van der Waals surface area contributed by atoms with E-state index in [4.69, 9.17) is 14.5 Å². The fraction of sp³-hybridized carbons (Fsp3) is 0.526. The van der Waals surface area contributed by atoms with Crippen LogP contribution in [0.15, 0.2) is 24.8 Å². The largest absolute Gasteiger partial charge is 0.383 e. The lowest BCUT2D eigenvalue weighted by Crippen LogP contribution is -2.37. The molecule has 3 aromatic heterocycles. The molecule has 1 saturated heterocycles. The normalized spacial score (nSPS) is 17.7. The Balaban J connectivity index is 1.60. The Morgan fingerprint density at radius 3 is 2.89 bits per heavy atom. The molecule has 27 heavy (non-hydrogen) atoms. The van der Waals surface area contributed by atoms with E-state index in [9.17, 15) is 0 Å². The van der Waals surface area contributed by atoms with Gasteiger partial charge >= 0.3 is 0 Å². The minimum Gasteiger partial charge on any atom is -0.383 e. The fourth-order valence-corrected chi connectivity index (χ4v) is 3.70. The summed E-state index contributed by atoms with van der Waals surface area (Å²) in [6.45, 7) is 4.56. The van der Waals surface area contributed by atoms with Crippen LogP contribution in [0.2, 0.25) is 0 Å². The number of ether oxygens (including phenoxy) is 2. The van der Waals surface area contributed by atoms with E-state index in [0.29, 0.717) is 12.5 Å². The van der Waals surface area contributed by atoms with Crippen molar-refractivity contribution in [2.24, 2.45) is 0 Å². The molecule has 0 amide bonds. The second kappa shape index (κ2) is 6.94. The van der Waals surface area contributed by atoms with Crippen molar-refractivity contribution in [3.05, 3.63) is 30.5 Å². The van der Waals surface area contributed by atoms with E-state index in [1.54, 1.807) is 7.11 Å². The van der Waals surface area contributed by atoms with Crippen molar-refractivity contribution in [3.8, 4) is 11.3 Å². The lowest BCUT2D eigenvalue weighted by molar-refractivity contribution is 0.122. The van der Waals surface area contributed by atoms with Gasteiger partial charge in [0.05, 0.1) is 44.0 Å². The Bertz CT molecular complexity index is 939. The number of anilines is 1. The summed E-state index contributed by atoms with van der Waals surface area (Å²) in [5.74, 6) is 1.49. The SMILES string of the molecule is COCCn1cc(-c2c(C3CC3)nc3c(N4CCOCC4)nccn23)cn1. The molecule has 3 aromatic rings. The second-order valence-corrected chi connectivity index (χ2v) is 7.15. The number of imidazole rings is 1. The fourth-order valence-electron chi connectivity index (χ4n) is 3.70. The van der Waals surface area contributed by atoms with Gasteiger partial charge in [0.15, 0.2) is 11.5 Å². The predicted octanol–water partition coefficient (Wildman–Crippen LogP) is 1.95. The summed E-state index contributed by atoms with van der Waals surface area (Å²) >= 11 is 0. The maximum Gasteiger partial charge on any atom is 0.181 e. The molecule has 0 atom stereocenters. The van der Waals surface area contributed by atoms with Gasteiger partial charge < -0.3 is 14.4 Å². The number of methoxy groups -OCH3 is 1. The van der Waals surface area contributed by atoms with Crippen LogP contribution < -0.4 is 4.90 Å². The van der Waals surface area contributed by atoms with Crippen LogP contribution in [0.3, 0.4) is 0 Å². The van der Waals surface area contributed by atoms with Crippen LogP contribution in [0, 0.1) is 0 Å². The maximum absolute atomic E-state index is 5.50. The van der Waals surface area contributed by atoms with Gasteiger partial charge in [-0.05, 0) is 12.8 Å². The van der Waals surface area contributed by atoms with Crippen molar-refractivity contribution in [1.82, 2.24) is 24.1 Å². The lowest BCUT2D eigenvalue weighted by Gasteiger charge is -2.27. The van der Waals surface area contributed by atoms with E-state index in [-0.39, 0.29) is 0 Å². The smallest absolute Gasteiger partial charge is 0.181 e. The van der Waals surface area contributed by atoms with E-state index in [2.05, 4.69) is 25.6 Å². The first kappa shape index (κ1) is 16.7. The molecule has 0 bridgehead atoms. The first-order chi connectivity index (χ1) is 13.3. The Kier molecular flexibility index (Phi) is 4.29. The number of fused-ring (bicyclic) bond motifs is 1. The van der Waals surface area contributed by atoms with Crippen molar-refractivity contribution < 1.29 is 9.47 Å². The topological polar surface area (TPSA) is 69.7 Å². The molecular weight excluding hydrogens is 344 g/mol. The summed E-state index contributed by atoms with van der Waals surface area (Å²) in [5.41, 5.74) is 4.34. The van der Waals surface area contributed by atoms with Gasteiger partial charge in [-0.3, -0.25) is 9.08 Å². The highest BCUT2D eigenvalue weighted by molar-refractivity contribution is 5.74. The molecule has 0 radical (unpaired) electrons. The summed E-state index contributed by atoms with van der Waals surface area (Å²) < 4.78 is 14.8. The zero-order chi connectivity index (χ0) is 18.2. The highest BCUT2D eigenvalue weighted by atomic mass is 16.5. The van der Waals surface area contributed by atoms with Gasteiger partial charge in [-0.2, -0.15) is 5.10 Å². The highest BCUT2D eigenvalue weighted by Gasteiger charge is 2.32. The molecule has 1 saturated carbocycles. The van der Waals surface area contributed by atoms with Crippen molar-refractivity contribution in [2.75, 3.05) is 44.9 Å². The first-order valence-corrected chi connectivity index (χ1v) is 9.56. The van der Waals surface area contributed by atoms with Crippen LogP contribution in [0.25, 0.3) is 16.9 Å². The minimum absolute atomic E-state index is 0.541. The second-order valence-electron chi connectivity index (χ2n) is 7.15. The van der Waals surface area contributed by atoms with Gasteiger partial charge in [-0.25, -0.2) is 9.97 Å². The third kappa shape index (κ3) is 3.08. The number of nitrogens with zero attached hydrogens (tertiary/aromatic N) is 6. The van der Waals surface area contributed by atoms with Crippen molar-refractivity contribution in [2.45, 2.75) is 25.3 Å². The number of aromatic nitrogens is 5. The van der Waals surface area contributed by atoms with Crippen LogP contribution in [0.1, 0.15) is 24.5 Å². The van der Waals surface area contributed by atoms with Gasteiger partial charge in [0, 0.05) is 50.3 Å².